The van der Waals surface area contributed by atoms with Crippen LogP contribution in [-0.2, 0) is 6.54 Å². The first-order valence-electron chi connectivity index (χ1n) is 9.14. The fourth-order valence-corrected chi connectivity index (χ4v) is 2.67. The molecule has 0 spiro atoms. The number of fused-ring (bicyclic) bond motifs is 1. The highest BCUT2D eigenvalue weighted by molar-refractivity contribution is 14.0. The number of benzene rings is 2. The Bertz CT molecular complexity index is 860. The lowest BCUT2D eigenvalue weighted by Crippen LogP contribution is -2.41. The third-order valence-electron chi connectivity index (χ3n) is 4.05. The van der Waals surface area contributed by atoms with Crippen LogP contribution >= 0.6 is 24.0 Å². The third-order valence-corrected chi connectivity index (χ3v) is 4.05. The molecule has 0 aliphatic carbocycles. The number of ether oxygens (including phenoxy) is 2. The van der Waals surface area contributed by atoms with Crippen molar-refractivity contribution >= 4 is 35.8 Å². The average Bonchev–Trinajstić information content (AvgIpc) is 3.17. The van der Waals surface area contributed by atoms with E-state index in [1.165, 1.54) is 6.07 Å². The number of nitrogens with one attached hydrogen (secondary N) is 3. The van der Waals surface area contributed by atoms with Crippen LogP contribution in [0.5, 0.6) is 17.2 Å². The topological polar surface area (TPSA) is 104 Å². The first-order valence-corrected chi connectivity index (χ1v) is 9.14. The molecule has 156 valence electrons. The minimum absolute atomic E-state index is 0. The van der Waals surface area contributed by atoms with Crippen molar-refractivity contribution in [3.8, 4) is 17.2 Å². The first-order chi connectivity index (χ1) is 13.7. The summed E-state index contributed by atoms with van der Waals surface area (Å²) in [6.45, 7) is 4.32. The SMILES string of the molecule is CCNC(=NCc1ccc2c(c1)OCO2)NCCNC(=O)c1ccccc1O.I. The van der Waals surface area contributed by atoms with E-state index >= 15 is 0 Å². The molecule has 1 aliphatic heterocycles. The van der Waals surface area contributed by atoms with E-state index in [9.17, 15) is 9.90 Å². The van der Waals surface area contributed by atoms with Crippen molar-refractivity contribution in [1.29, 1.82) is 0 Å². The standard InChI is InChI=1S/C20H24N4O4.HI/c1-2-21-20(24-12-14-7-8-17-18(11-14)28-13-27-17)23-10-9-22-19(26)15-5-3-4-6-16(15)25;/h3-8,11,25H,2,9-10,12-13H2,1H3,(H,22,26)(H2,21,23,24);1H. The zero-order chi connectivity index (χ0) is 19.8. The number of aliphatic imine (C=N–C) groups is 1. The highest BCUT2D eigenvalue weighted by Crippen LogP contribution is 2.32. The van der Waals surface area contributed by atoms with Gasteiger partial charge in [0.25, 0.3) is 5.91 Å². The summed E-state index contributed by atoms with van der Waals surface area (Å²) in [6.07, 6.45) is 0. The summed E-state index contributed by atoms with van der Waals surface area (Å²) >= 11 is 0. The Labute approximate surface area is 186 Å². The van der Waals surface area contributed by atoms with Crippen molar-refractivity contribution in [3.05, 3.63) is 53.6 Å². The molecule has 2 aromatic rings. The Balaban J connectivity index is 0.00000300. The summed E-state index contributed by atoms with van der Waals surface area (Å²) in [5, 5.41) is 18.8. The number of amides is 1. The molecule has 4 N–H and O–H groups in total. The molecule has 0 unspecified atom stereocenters. The van der Waals surface area contributed by atoms with Crippen LogP contribution in [0.3, 0.4) is 0 Å². The van der Waals surface area contributed by atoms with Crippen molar-refractivity contribution in [3.63, 3.8) is 0 Å². The van der Waals surface area contributed by atoms with E-state index in [-0.39, 0.29) is 48.0 Å². The number of nitrogens with zero attached hydrogens (tertiary/aromatic N) is 1. The van der Waals surface area contributed by atoms with Crippen molar-refractivity contribution in [1.82, 2.24) is 16.0 Å². The third kappa shape index (κ3) is 6.41. The van der Waals surface area contributed by atoms with Gasteiger partial charge in [-0.15, -0.1) is 24.0 Å². The van der Waals surface area contributed by atoms with Crippen molar-refractivity contribution in [2.24, 2.45) is 4.99 Å². The Morgan fingerprint density at radius 2 is 1.83 bits per heavy atom. The van der Waals surface area contributed by atoms with Crippen molar-refractivity contribution < 1.29 is 19.4 Å². The van der Waals surface area contributed by atoms with Gasteiger partial charge in [-0.05, 0) is 36.8 Å². The number of guanidine groups is 1. The normalized spacial score (nSPS) is 12.1. The fraction of sp³-hybridized carbons (Fsp3) is 0.300. The van der Waals surface area contributed by atoms with Crippen molar-refractivity contribution in [2.45, 2.75) is 13.5 Å². The Morgan fingerprint density at radius 3 is 2.62 bits per heavy atom. The van der Waals surface area contributed by atoms with E-state index in [1.54, 1.807) is 18.2 Å². The number of aromatic hydroxyl groups is 1. The number of phenols is 1. The second-order valence-electron chi connectivity index (χ2n) is 6.08. The highest BCUT2D eigenvalue weighted by atomic mass is 127. The molecule has 0 saturated carbocycles. The summed E-state index contributed by atoms with van der Waals surface area (Å²) in [4.78, 5) is 16.6. The van der Waals surface area contributed by atoms with Gasteiger partial charge in [0.05, 0.1) is 12.1 Å². The molecule has 0 bridgehead atoms. The molecule has 8 nitrogen and oxygen atoms in total. The Hall–Kier alpha value is -2.69. The van der Waals surface area contributed by atoms with Gasteiger partial charge in [0.1, 0.15) is 5.75 Å². The Kier molecular flexibility index (Phi) is 8.84. The lowest BCUT2D eigenvalue weighted by Gasteiger charge is -2.12. The molecule has 0 atom stereocenters. The second kappa shape index (κ2) is 11.3. The molecule has 29 heavy (non-hydrogen) atoms. The van der Waals surface area contributed by atoms with Crippen LogP contribution in [0, 0.1) is 0 Å². The summed E-state index contributed by atoms with van der Waals surface area (Å²) < 4.78 is 10.7. The van der Waals surface area contributed by atoms with Crippen LogP contribution in [0.1, 0.15) is 22.8 Å². The van der Waals surface area contributed by atoms with Gasteiger partial charge in [0.2, 0.25) is 6.79 Å². The van der Waals surface area contributed by atoms with Crippen LogP contribution in [0.2, 0.25) is 0 Å². The maximum absolute atomic E-state index is 12.1. The smallest absolute Gasteiger partial charge is 0.255 e. The molecule has 1 aliphatic rings. The number of hydrogen-bond acceptors (Lipinski definition) is 5. The number of halogens is 1. The molecule has 1 heterocycles. The molecule has 0 fully saturated rings. The predicted octanol–water partition coefficient (Wildman–Crippen LogP) is 2.22. The molecular formula is C20H25IN4O4. The summed E-state index contributed by atoms with van der Waals surface area (Å²) in [5.41, 5.74) is 1.26. The number of phenolic OH excluding ortho intramolecular Hbond substituents is 1. The van der Waals surface area contributed by atoms with Gasteiger partial charge in [-0.1, -0.05) is 18.2 Å². The van der Waals surface area contributed by atoms with Crippen LogP contribution in [0.25, 0.3) is 0 Å². The Morgan fingerprint density at radius 1 is 1.07 bits per heavy atom. The maximum Gasteiger partial charge on any atom is 0.255 e. The minimum atomic E-state index is -0.317. The lowest BCUT2D eigenvalue weighted by molar-refractivity contribution is 0.0951. The van der Waals surface area contributed by atoms with E-state index in [0.29, 0.717) is 25.6 Å². The van der Waals surface area contributed by atoms with Crippen LogP contribution in [0.15, 0.2) is 47.5 Å². The number of rotatable bonds is 7. The predicted molar refractivity (Wildman–Crippen MR) is 121 cm³/mol. The number of carbonyl (C=O) groups is 1. The monoisotopic (exact) mass is 512 g/mol. The number of hydrogen-bond donors (Lipinski definition) is 4. The molecule has 0 aromatic heterocycles. The lowest BCUT2D eigenvalue weighted by atomic mass is 10.2. The zero-order valence-electron chi connectivity index (χ0n) is 16.1. The average molecular weight is 512 g/mol. The van der Waals surface area contributed by atoms with E-state index in [2.05, 4.69) is 20.9 Å². The number of carbonyl (C=O) groups excluding carboxylic acids is 1. The summed E-state index contributed by atoms with van der Waals surface area (Å²) in [6, 6.07) is 12.2. The molecule has 2 aromatic carbocycles. The molecule has 0 saturated heterocycles. The van der Waals surface area contributed by atoms with E-state index in [0.717, 1.165) is 23.6 Å². The van der Waals surface area contributed by atoms with E-state index in [4.69, 9.17) is 9.47 Å². The van der Waals surface area contributed by atoms with Gasteiger partial charge in [-0.2, -0.15) is 0 Å². The van der Waals surface area contributed by atoms with E-state index in [1.807, 2.05) is 25.1 Å². The maximum atomic E-state index is 12.1. The first kappa shape index (κ1) is 22.6. The zero-order valence-corrected chi connectivity index (χ0v) is 18.4. The van der Waals surface area contributed by atoms with Crippen LogP contribution in [-0.4, -0.2) is 43.4 Å². The summed E-state index contributed by atoms with van der Waals surface area (Å²) in [5.74, 6) is 1.78. The van der Waals surface area contributed by atoms with Gasteiger partial charge in [-0.25, -0.2) is 4.99 Å². The van der Waals surface area contributed by atoms with Crippen LogP contribution < -0.4 is 25.4 Å². The van der Waals surface area contributed by atoms with Gasteiger partial charge >= 0.3 is 0 Å². The molecule has 0 radical (unpaired) electrons. The quantitative estimate of drug-likeness (QED) is 0.196. The molecule has 1 amide bonds. The van der Waals surface area contributed by atoms with Gasteiger partial charge in [0, 0.05) is 19.6 Å². The molecule has 3 rings (SSSR count). The van der Waals surface area contributed by atoms with Gasteiger partial charge in [0.15, 0.2) is 17.5 Å². The summed E-state index contributed by atoms with van der Waals surface area (Å²) in [7, 11) is 0. The van der Waals surface area contributed by atoms with Gasteiger partial charge < -0.3 is 30.5 Å². The fourth-order valence-electron chi connectivity index (χ4n) is 2.67. The van der Waals surface area contributed by atoms with E-state index < -0.39 is 0 Å². The largest absolute Gasteiger partial charge is 0.507 e. The molecule has 9 heteroatoms. The minimum Gasteiger partial charge on any atom is -0.507 e. The number of para-hydroxylation sites is 1. The second-order valence-corrected chi connectivity index (χ2v) is 6.08. The highest BCUT2D eigenvalue weighted by Gasteiger charge is 2.13. The molecular weight excluding hydrogens is 487 g/mol. The van der Waals surface area contributed by atoms with Crippen molar-refractivity contribution in [2.75, 3.05) is 26.4 Å². The van der Waals surface area contributed by atoms with Gasteiger partial charge in [-0.3, -0.25) is 4.79 Å². The van der Waals surface area contributed by atoms with Crippen LogP contribution in [0.4, 0.5) is 0 Å².